The van der Waals surface area contributed by atoms with E-state index in [9.17, 15) is 18.3 Å². The Kier molecular flexibility index (Phi) is 7.12. The minimum Gasteiger partial charge on any atom is -0.492 e. The number of ether oxygens (including phenoxy) is 1. The summed E-state index contributed by atoms with van der Waals surface area (Å²) < 4.78 is 62.8. The lowest BCUT2D eigenvalue weighted by atomic mass is 9.88. The standard InChI is InChI=1S/C22H21ClF4N2O2S/c1-12-7-8-13-16(28-12)5-4-6-17(13)29-20(21(30,11-32-3)22(25,26)27)14-9-10-15(23)19(31-2)18(14)24/h4-10,20,29-30H,11H2,1-3H3. The molecule has 0 bridgehead atoms. The minimum atomic E-state index is -5.08. The monoisotopic (exact) mass is 488 g/mol. The molecule has 0 aliphatic carbocycles. The Morgan fingerprint density at radius 1 is 1.19 bits per heavy atom. The lowest BCUT2D eigenvalue weighted by molar-refractivity contribution is -0.256. The van der Waals surface area contributed by atoms with Gasteiger partial charge in [-0.25, -0.2) is 4.39 Å². The van der Waals surface area contributed by atoms with E-state index >= 15 is 4.39 Å². The molecular weight excluding hydrogens is 468 g/mol. The zero-order valence-corrected chi connectivity index (χ0v) is 19.0. The van der Waals surface area contributed by atoms with E-state index in [1.165, 1.54) is 12.3 Å². The number of rotatable bonds is 7. The third-order valence-electron chi connectivity index (χ3n) is 5.10. The van der Waals surface area contributed by atoms with Crippen molar-refractivity contribution in [1.82, 2.24) is 4.98 Å². The molecule has 4 nitrogen and oxygen atoms in total. The normalized spacial score (nSPS) is 14.8. The molecule has 3 rings (SSSR count). The van der Waals surface area contributed by atoms with Crippen LogP contribution in [0.15, 0.2) is 42.5 Å². The first-order chi connectivity index (χ1) is 15.0. The van der Waals surface area contributed by atoms with Gasteiger partial charge in [-0.15, -0.1) is 0 Å². The molecule has 0 amide bonds. The van der Waals surface area contributed by atoms with Crippen molar-refractivity contribution in [2.75, 3.05) is 24.4 Å². The SMILES string of the molecule is COc1c(Cl)ccc(C(Nc2cccc3nc(C)ccc23)C(O)(CSC)C(F)(F)F)c1F. The molecule has 2 atom stereocenters. The first kappa shape index (κ1) is 24.4. The Bertz CT molecular complexity index is 1130. The lowest BCUT2D eigenvalue weighted by Gasteiger charge is -2.39. The van der Waals surface area contributed by atoms with Gasteiger partial charge < -0.3 is 15.2 Å². The summed E-state index contributed by atoms with van der Waals surface area (Å²) in [5, 5.41) is 14.1. The number of hydrogen-bond acceptors (Lipinski definition) is 5. The Morgan fingerprint density at radius 3 is 2.53 bits per heavy atom. The maximum absolute atomic E-state index is 15.3. The number of aryl methyl sites for hydroxylation is 1. The van der Waals surface area contributed by atoms with E-state index in [4.69, 9.17) is 16.3 Å². The number of benzene rings is 2. The summed E-state index contributed by atoms with van der Waals surface area (Å²) in [5.41, 5.74) is -2.21. The molecule has 0 fully saturated rings. The van der Waals surface area contributed by atoms with Crippen molar-refractivity contribution >= 4 is 40.0 Å². The number of anilines is 1. The van der Waals surface area contributed by atoms with Crippen molar-refractivity contribution in [2.45, 2.75) is 24.7 Å². The molecule has 0 aliphatic heterocycles. The van der Waals surface area contributed by atoms with Crippen LogP contribution in [0.5, 0.6) is 5.75 Å². The largest absolute Gasteiger partial charge is 0.492 e. The Hall–Kier alpha value is -2.23. The van der Waals surface area contributed by atoms with E-state index in [2.05, 4.69) is 10.3 Å². The van der Waals surface area contributed by atoms with Crippen LogP contribution in [-0.2, 0) is 0 Å². The van der Waals surface area contributed by atoms with Crippen LogP contribution in [0.2, 0.25) is 5.02 Å². The minimum absolute atomic E-state index is 0.0993. The van der Waals surface area contributed by atoms with Crippen LogP contribution in [-0.4, -0.2) is 41.0 Å². The average molecular weight is 489 g/mol. The highest BCUT2D eigenvalue weighted by Crippen LogP contribution is 2.46. The van der Waals surface area contributed by atoms with Crippen LogP contribution in [0.4, 0.5) is 23.2 Å². The van der Waals surface area contributed by atoms with Crippen molar-refractivity contribution in [3.05, 3.63) is 64.6 Å². The maximum atomic E-state index is 15.3. The number of methoxy groups -OCH3 is 1. The van der Waals surface area contributed by atoms with Gasteiger partial charge in [0, 0.05) is 28.1 Å². The molecule has 2 unspecified atom stereocenters. The summed E-state index contributed by atoms with van der Waals surface area (Å²) in [6.07, 6.45) is -3.65. The van der Waals surface area contributed by atoms with E-state index in [1.807, 2.05) is 0 Å². The van der Waals surface area contributed by atoms with Crippen molar-refractivity contribution in [3.8, 4) is 5.75 Å². The zero-order chi connectivity index (χ0) is 23.7. The summed E-state index contributed by atoms with van der Waals surface area (Å²) in [6, 6.07) is 8.74. The quantitative estimate of drug-likeness (QED) is 0.390. The molecule has 10 heteroatoms. The number of aliphatic hydroxyl groups is 1. The van der Waals surface area contributed by atoms with Gasteiger partial charge in [-0.2, -0.15) is 24.9 Å². The first-order valence-electron chi connectivity index (χ1n) is 9.46. The molecule has 0 spiro atoms. The second-order valence-electron chi connectivity index (χ2n) is 7.24. The first-order valence-corrected chi connectivity index (χ1v) is 11.2. The van der Waals surface area contributed by atoms with Crippen LogP contribution >= 0.6 is 23.4 Å². The van der Waals surface area contributed by atoms with E-state index in [-0.39, 0.29) is 10.7 Å². The van der Waals surface area contributed by atoms with Crippen molar-refractivity contribution in [1.29, 1.82) is 0 Å². The topological polar surface area (TPSA) is 54.4 Å². The van der Waals surface area contributed by atoms with Gasteiger partial charge in [-0.05, 0) is 43.5 Å². The van der Waals surface area contributed by atoms with Crippen LogP contribution < -0.4 is 10.1 Å². The lowest BCUT2D eigenvalue weighted by Crippen LogP contribution is -2.54. The second-order valence-corrected chi connectivity index (χ2v) is 8.51. The third-order valence-corrected chi connectivity index (χ3v) is 6.12. The Morgan fingerprint density at radius 2 is 1.91 bits per heavy atom. The highest BCUT2D eigenvalue weighted by atomic mass is 35.5. The van der Waals surface area contributed by atoms with Gasteiger partial charge in [0.15, 0.2) is 17.2 Å². The number of nitrogens with zero attached hydrogens (tertiary/aromatic N) is 1. The Balaban J connectivity index is 2.25. The number of fused-ring (bicyclic) bond motifs is 1. The molecule has 32 heavy (non-hydrogen) atoms. The molecule has 0 aliphatic rings. The van der Waals surface area contributed by atoms with Gasteiger partial charge >= 0.3 is 6.18 Å². The van der Waals surface area contributed by atoms with Crippen LogP contribution in [0, 0.1) is 12.7 Å². The van der Waals surface area contributed by atoms with E-state index < -0.39 is 40.7 Å². The molecule has 1 aromatic heterocycles. The number of hydrogen-bond donors (Lipinski definition) is 2. The molecule has 2 N–H and O–H groups in total. The summed E-state index contributed by atoms with van der Waals surface area (Å²) in [4.78, 5) is 4.38. The van der Waals surface area contributed by atoms with E-state index in [0.717, 1.165) is 30.6 Å². The number of pyridine rings is 1. The fourth-order valence-electron chi connectivity index (χ4n) is 3.50. The number of thioether (sulfide) groups is 1. The molecule has 172 valence electrons. The van der Waals surface area contributed by atoms with Gasteiger partial charge in [-0.3, -0.25) is 4.98 Å². The third kappa shape index (κ3) is 4.46. The maximum Gasteiger partial charge on any atom is 0.420 e. The fourth-order valence-corrected chi connectivity index (χ4v) is 4.49. The van der Waals surface area contributed by atoms with Crippen LogP contribution in [0.1, 0.15) is 17.3 Å². The predicted octanol–water partition coefficient (Wildman–Crippen LogP) is 6.15. The number of aromatic nitrogens is 1. The molecule has 0 saturated carbocycles. The molecule has 3 aromatic rings. The van der Waals surface area contributed by atoms with Gasteiger partial charge in [-0.1, -0.05) is 23.7 Å². The summed E-state index contributed by atoms with van der Waals surface area (Å²) >= 11 is 6.73. The number of alkyl halides is 3. The van der Waals surface area contributed by atoms with Crippen LogP contribution in [0.3, 0.4) is 0 Å². The molecular formula is C22H21ClF4N2O2S. The summed E-state index contributed by atoms with van der Waals surface area (Å²) in [6.45, 7) is 1.79. The van der Waals surface area contributed by atoms with Gasteiger partial charge in [0.1, 0.15) is 0 Å². The highest BCUT2D eigenvalue weighted by Gasteiger charge is 2.59. The van der Waals surface area contributed by atoms with Crippen molar-refractivity contribution < 1.29 is 27.4 Å². The summed E-state index contributed by atoms with van der Waals surface area (Å²) in [7, 11) is 1.16. The smallest absolute Gasteiger partial charge is 0.420 e. The number of halogens is 5. The van der Waals surface area contributed by atoms with E-state index in [0.29, 0.717) is 10.9 Å². The summed E-state index contributed by atoms with van der Waals surface area (Å²) in [5.74, 6) is -2.23. The van der Waals surface area contributed by atoms with E-state index in [1.54, 1.807) is 37.3 Å². The molecule has 1 heterocycles. The predicted molar refractivity (Wildman–Crippen MR) is 120 cm³/mol. The fraction of sp³-hybridized carbons (Fsp3) is 0.318. The zero-order valence-electron chi connectivity index (χ0n) is 17.4. The molecule has 0 radical (unpaired) electrons. The van der Waals surface area contributed by atoms with Crippen LogP contribution in [0.25, 0.3) is 10.9 Å². The van der Waals surface area contributed by atoms with Crippen molar-refractivity contribution in [2.24, 2.45) is 0 Å². The highest BCUT2D eigenvalue weighted by molar-refractivity contribution is 7.98. The van der Waals surface area contributed by atoms with Crippen molar-refractivity contribution in [3.63, 3.8) is 0 Å². The van der Waals surface area contributed by atoms with Gasteiger partial charge in [0.2, 0.25) is 0 Å². The van der Waals surface area contributed by atoms with Gasteiger partial charge in [0.25, 0.3) is 0 Å². The molecule has 2 aromatic carbocycles. The van der Waals surface area contributed by atoms with Gasteiger partial charge in [0.05, 0.1) is 23.7 Å². The second kappa shape index (κ2) is 9.33. The number of nitrogens with one attached hydrogen (secondary N) is 1. The Labute approximate surface area is 191 Å². The average Bonchev–Trinajstić information content (AvgIpc) is 2.72. The molecule has 0 saturated heterocycles.